The molecule has 8 heteroatoms. The highest BCUT2D eigenvalue weighted by Crippen LogP contribution is 2.34. The number of amides is 1. The van der Waals surface area contributed by atoms with Gasteiger partial charge >= 0.3 is 6.18 Å². The smallest absolute Gasteiger partial charge is 0.337 e. The summed E-state index contributed by atoms with van der Waals surface area (Å²) in [7, 11) is 1.78. The van der Waals surface area contributed by atoms with Crippen LogP contribution < -0.4 is 5.32 Å². The number of likely N-dealkylation sites (N-methyl/N-ethyl adjacent to an activating group) is 1. The lowest BCUT2D eigenvalue weighted by Gasteiger charge is -2.32. The average Bonchev–Trinajstić information content (AvgIpc) is 3.07. The minimum atomic E-state index is -4.68. The van der Waals surface area contributed by atoms with Crippen LogP contribution in [0.1, 0.15) is 28.9 Å². The molecule has 5 nitrogen and oxygen atoms in total. The van der Waals surface area contributed by atoms with Gasteiger partial charge in [-0.05, 0) is 32.0 Å². The molecule has 1 aliphatic rings. The molecule has 0 spiro atoms. The van der Waals surface area contributed by atoms with E-state index in [1.807, 2.05) is 0 Å². The van der Waals surface area contributed by atoms with Gasteiger partial charge in [0.2, 0.25) is 0 Å². The Balaban J connectivity index is 1.99. The van der Waals surface area contributed by atoms with Crippen LogP contribution in [0.15, 0.2) is 36.5 Å². The summed E-state index contributed by atoms with van der Waals surface area (Å²) in [5, 5.41) is 6.92. The molecule has 0 aliphatic carbocycles. The van der Waals surface area contributed by atoms with Crippen LogP contribution in [0.4, 0.5) is 13.2 Å². The predicted molar refractivity (Wildman–Crippen MR) is 86.6 cm³/mol. The van der Waals surface area contributed by atoms with Gasteiger partial charge in [-0.15, -0.1) is 0 Å². The van der Waals surface area contributed by atoms with Crippen molar-refractivity contribution in [3.05, 3.63) is 47.8 Å². The predicted octanol–water partition coefficient (Wildman–Crippen LogP) is 2.72. The highest BCUT2D eigenvalue weighted by atomic mass is 19.4. The SMILES string of the molecule is CN[C@H]1CCCN(C(=O)c2cnn(-c3ccccc3)c2C(F)(F)F)C1. The molecule has 1 fully saturated rings. The Kier molecular flexibility index (Phi) is 4.80. The first kappa shape index (κ1) is 17.5. The number of nitrogens with zero attached hydrogens (tertiary/aromatic N) is 3. The maximum Gasteiger partial charge on any atom is 0.434 e. The largest absolute Gasteiger partial charge is 0.434 e. The molecule has 134 valence electrons. The number of aromatic nitrogens is 2. The zero-order valence-electron chi connectivity index (χ0n) is 13.8. The number of carbonyl (C=O) groups excluding carboxylic acids is 1. The van der Waals surface area contributed by atoms with Gasteiger partial charge in [0, 0.05) is 19.1 Å². The number of halogens is 3. The molecule has 1 saturated heterocycles. The highest BCUT2D eigenvalue weighted by Gasteiger charge is 2.41. The topological polar surface area (TPSA) is 50.2 Å². The number of likely N-dealkylation sites (tertiary alicyclic amines) is 1. The fraction of sp³-hybridized carbons (Fsp3) is 0.412. The van der Waals surface area contributed by atoms with Crippen molar-refractivity contribution < 1.29 is 18.0 Å². The molecule has 0 bridgehead atoms. The Hall–Kier alpha value is -2.35. The van der Waals surface area contributed by atoms with Gasteiger partial charge in [-0.1, -0.05) is 18.2 Å². The molecular weight excluding hydrogens is 333 g/mol. The number of nitrogens with one attached hydrogen (secondary N) is 1. The second-order valence-corrected chi connectivity index (χ2v) is 6.03. The fourth-order valence-electron chi connectivity index (χ4n) is 3.11. The van der Waals surface area contributed by atoms with E-state index >= 15 is 0 Å². The number of hydrogen-bond donors (Lipinski definition) is 1. The monoisotopic (exact) mass is 352 g/mol. The van der Waals surface area contributed by atoms with Crippen molar-refractivity contribution in [1.29, 1.82) is 0 Å². The molecule has 2 aromatic rings. The number of para-hydroxylation sites is 1. The van der Waals surface area contributed by atoms with Crippen molar-refractivity contribution in [3.63, 3.8) is 0 Å². The third-order valence-corrected chi connectivity index (χ3v) is 4.39. The molecule has 1 aromatic carbocycles. The number of carbonyl (C=O) groups is 1. The van der Waals surface area contributed by atoms with Crippen molar-refractivity contribution in [1.82, 2.24) is 20.0 Å². The quantitative estimate of drug-likeness (QED) is 0.924. The first-order valence-electron chi connectivity index (χ1n) is 8.09. The first-order chi connectivity index (χ1) is 11.9. The van der Waals surface area contributed by atoms with Crippen molar-refractivity contribution >= 4 is 5.91 Å². The lowest BCUT2D eigenvalue weighted by atomic mass is 10.0. The molecule has 25 heavy (non-hydrogen) atoms. The molecule has 1 N–H and O–H groups in total. The minimum absolute atomic E-state index is 0.0937. The molecule has 1 aliphatic heterocycles. The summed E-state index contributed by atoms with van der Waals surface area (Å²) in [6.45, 7) is 0.841. The van der Waals surface area contributed by atoms with E-state index in [-0.39, 0.29) is 11.7 Å². The normalized spacial score (nSPS) is 18.4. The van der Waals surface area contributed by atoms with Crippen LogP contribution in [0.3, 0.4) is 0 Å². The first-order valence-corrected chi connectivity index (χ1v) is 8.09. The van der Waals surface area contributed by atoms with Crippen molar-refractivity contribution in [2.45, 2.75) is 25.1 Å². The molecular formula is C17H19F3N4O. The van der Waals surface area contributed by atoms with E-state index in [1.165, 1.54) is 17.0 Å². The Morgan fingerprint density at radius 1 is 1.28 bits per heavy atom. The summed E-state index contributed by atoms with van der Waals surface area (Å²) in [4.78, 5) is 14.2. The Morgan fingerprint density at radius 3 is 2.64 bits per heavy atom. The summed E-state index contributed by atoms with van der Waals surface area (Å²) in [6.07, 6.45) is -2.02. The third kappa shape index (κ3) is 3.53. The molecule has 0 unspecified atom stereocenters. The van der Waals surface area contributed by atoms with E-state index in [1.54, 1.807) is 25.2 Å². The fourth-order valence-corrected chi connectivity index (χ4v) is 3.11. The highest BCUT2D eigenvalue weighted by molar-refractivity contribution is 5.95. The van der Waals surface area contributed by atoms with Gasteiger partial charge in [0.05, 0.1) is 17.4 Å². The summed E-state index contributed by atoms with van der Waals surface area (Å²) in [5.74, 6) is -0.630. The average molecular weight is 352 g/mol. The Bertz CT molecular complexity index is 742. The minimum Gasteiger partial charge on any atom is -0.337 e. The maximum atomic E-state index is 13.7. The van der Waals surface area contributed by atoms with E-state index in [2.05, 4.69) is 10.4 Å². The number of rotatable bonds is 3. The van der Waals surface area contributed by atoms with E-state index < -0.39 is 23.3 Å². The third-order valence-electron chi connectivity index (χ3n) is 4.39. The standard InChI is InChI=1S/C17H19F3N4O/c1-21-12-6-5-9-23(11-12)16(25)14-10-22-24(15(14)17(18,19)20)13-7-3-2-4-8-13/h2-4,7-8,10,12,21H,5-6,9,11H2,1H3/t12-/m0/s1. The molecule has 0 radical (unpaired) electrons. The lowest BCUT2D eigenvalue weighted by Crippen LogP contribution is -2.47. The number of hydrogen-bond acceptors (Lipinski definition) is 3. The van der Waals surface area contributed by atoms with Crippen LogP contribution in [0.2, 0.25) is 0 Å². The van der Waals surface area contributed by atoms with Crippen molar-refractivity contribution in [3.8, 4) is 5.69 Å². The summed E-state index contributed by atoms with van der Waals surface area (Å²) < 4.78 is 41.7. The zero-order chi connectivity index (χ0) is 18.0. The van der Waals surface area contributed by atoms with Gasteiger partial charge in [-0.2, -0.15) is 18.3 Å². The van der Waals surface area contributed by atoms with Gasteiger partial charge in [0.25, 0.3) is 5.91 Å². The number of benzene rings is 1. The molecule has 1 amide bonds. The second-order valence-electron chi connectivity index (χ2n) is 6.03. The van der Waals surface area contributed by atoms with E-state index in [9.17, 15) is 18.0 Å². The van der Waals surface area contributed by atoms with E-state index in [0.717, 1.165) is 23.7 Å². The Labute approximate surface area is 143 Å². The molecule has 1 atom stereocenters. The van der Waals surface area contributed by atoms with Crippen LogP contribution in [-0.4, -0.2) is 46.8 Å². The summed E-state index contributed by atoms with van der Waals surface area (Å²) in [6, 6.07) is 8.10. The van der Waals surface area contributed by atoms with Crippen LogP contribution in [0.25, 0.3) is 5.69 Å². The van der Waals surface area contributed by atoms with Gasteiger partial charge in [0.15, 0.2) is 5.69 Å². The Morgan fingerprint density at radius 2 is 2.00 bits per heavy atom. The van der Waals surface area contributed by atoms with E-state index in [0.29, 0.717) is 13.1 Å². The van der Waals surface area contributed by atoms with Crippen LogP contribution in [-0.2, 0) is 6.18 Å². The second kappa shape index (κ2) is 6.87. The molecule has 2 heterocycles. The van der Waals surface area contributed by atoms with E-state index in [4.69, 9.17) is 0 Å². The molecule has 0 saturated carbocycles. The lowest BCUT2D eigenvalue weighted by molar-refractivity contribution is -0.143. The number of piperidine rings is 1. The van der Waals surface area contributed by atoms with Crippen LogP contribution >= 0.6 is 0 Å². The van der Waals surface area contributed by atoms with Gasteiger partial charge < -0.3 is 10.2 Å². The van der Waals surface area contributed by atoms with Crippen molar-refractivity contribution in [2.75, 3.05) is 20.1 Å². The van der Waals surface area contributed by atoms with Crippen molar-refractivity contribution in [2.24, 2.45) is 0 Å². The zero-order valence-corrected chi connectivity index (χ0v) is 13.8. The summed E-state index contributed by atoms with van der Waals surface area (Å²) in [5.41, 5.74) is -1.18. The summed E-state index contributed by atoms with van der Waals surface area (Å²) >= 11 is 0. The van der Waals surface area contributed by atoms with Crippen LogP contribution in [0, 0.1) is 0 Å². The maximum absolute atomic E-state index is 13.7. The van der Waals surface area contributed by atoms with Gasteiger partial charge in [-0.25, -0.2) is 4.68 Å². The number of alkyl halides is 3. The molecule has 3 rings (SSSR count). The van der Waals surface area contributed by atoms with Crippen LogP contribution in [0.5, 0.6) is 0 Å². The molecule has 1 aromatic heterocycles. The van der Waals surface area contributed by atoms with Gasteiger partial charge in [0.1, 0.15) is 0 Å². The van der Waals surface area contributed by atoms with Gasteiger partial charge in [-0.3, -0.25) is 4.79 Å².